The third-order valence-corrected chi connectivity index (χ3v) is 4.17. The van der Waals surface area contributed by atoms with Gasteiger partial charge in [-0.2, -0.15) is 0 Å². The van der Waals surface area contributed by atoms with Crippen LogP contribution in [-0.4, -0.2) is 17.7 Å². The molecule has 4 nitrogen and oxygen atoms in total. The van der Waals surface area contributed by atoms with E-state index in [0.29, 0.717) is 12.8 Å². The minimum absolute atomic E-state index is 0.253. The molecule has 1 aromatic rings. The highest BCUT2D eigenvalue weighted by atomic mass is 16.7. The lowest BCUT2D eigenvalue weighted by Gasteiger charge is -2.41. The molecule has 1 aromatic carbocycles. The molecule has 1 aliphatic heterocycles. The Morgan fingerprint density at radius 3 is 2.05 bits per heavy atom. The van der Waals surface area contributed by atoms with Crippen LogP contribution in [0.4, 0.5) is 0 Å². The lowest BCUT2D eigenvalue weighted by molar-refractivity contribution is -0.263. The molecule has 1 heterocycles. The number of ether oxygens (including phenoxy) is 2. The monoisotopic (exact) mass is 302 g/mol. The van der Waals surface area contributed by atoms with Gasteiger partial charge in [0.25, 0.3) is 5.79 Å². The van der Waals surface area contributed by atoms with Gasteiger partial charge in [0.15, 0.2) is 5.41 Å². The minimum atomic E-state index is -1.28. The zero-order valence-corrected chi connectivity index (χ0v) is 13.3. The lowest BCUT2D eigenvalue weighted by Crippen LogP contribution is -2.54. The third-order valence-electron chi connectivity index (χ3n) is 4.17. The first-order chi connectivity index (χ1) is 10.5. The van der Waals surface area contributed by atoms with Gasteiger partial charge in [-0.15, -0.1) is 0 Å². The Hall–Kier alpha value is -2.10. The largest absolute Gasteiger partial charge is 0.422 e. The Kier molecular flexibility index (Phi) is 4.69. The van der Waals surface area contributed by atoms with Crippen molar-refractivity contribution in [3.8, 4) is 0 Å². The van der Waals surface area contributed by atoms with Crippen LogP contribution in [0.15, 0.2) is 36.4 Å². The highest BCUT2D eigenvalue weighted by molar-refractivity contribution is 6.01. The number of carbonyl (C=O) groups is 2. The van der Waals surface area contributed by atoms with Crippen molar-refractivity contribution in [1.82, 2.24) is 0 Å². The van der Waals surface area contributed by atoms with Crippen LogP contribution in [0.3, 0.4) is 0 Å². The maximum absolute atomic E-state index is 12.3. The smallest absolute Gasteiger partial charge is 0.326 e. The topological polar surface area (TPSA) is 52.6 Å². The average Bonchev–Trinajstić information content (AvgIpc) is 2.53. The molecule has 4 heteroatoms. The van der Waals surface area contributed by atoms with Crippen molar-refractivity contribution in [2.75, 3.05) is 0 Å². The molecule has 0 spiro atoms. The zero-order valence-electron chi connectivity index (χ0n) is 13.3. The molecule has 0 N–H and O–H groups in total. The van der Waals surface area contributed by atoms with E-state index in [1.165, 1.54) is 0 Å². The normalized spacial score (nSPS) is 19.8. The van der Waals surface area contributed by atoms with Crippen LogP contribution in [0.25, 0.3) is 6.08 Å². The van der Waals surface area contributed by atoms with E-state index in [-0.39, 0.29) is 6.42 Å². The van der Waals surface area contributed by atoms with E-state index in [0.717, 1.165) is 5.56 Å². The third kappa shape index (κ3) is 3.06. The van der Waals surface area contributed by atoms with Crippen molar-refractivity contribution >= 4 is 18.0 Å². The van der Waals surface area contributed by atoms with Gasteiger partial charge in [0, 0.05) is 12.8 Å². The summed E-state index contributed by atoms with van der Waals surface area (Å²) in [6, 6.07) is 9.71. The molecule has 0 aromatic heterocycles. The maximum Gasteiger partial charge on any atom is 0.326 e. The van der Waals surface area contributed by atoms with Gasteiger partial charge in [0.05, 0.1) is 0 Å². The van der Waals surface area contributed by atoms with Gasteiger partial charge in [0.2, 0.25) is 0 Å². The van der Waals surface area contributed by atoms with Gasteiger partial charge < -0.3 is 9.47 Å². The van der Waals surface area contributed by atoms with Crippen LogP contribution >= 0.6 is 0 Å². The van der Waals surface area contributed by atoms with Crippen molar-refractivity contribution in [1.29, 1.82) is 0 Å². The van der Waals surface area contributed by atoms with Gasteiger partial charge >= 0.3 is 11.9 Å². The fourth-order valence-electron chi connectivity index (χ4n) is 2.37. The van der Waals surface area contributed by atoms with Crippen molar-refractivity contribution in [2.24, 2.45) is 5.41 Å². The van der Waals surface area contributed by atoms with Crippen LogP contribution in [0.1, 0.15) is 45.6 Å². The number of rotatable bonds is 5. The van der Waals surface area contributed by atoms with Gasteiger partial charge in [-0.1, -0.05) is 56.3 Å². The van der Waals surface area contributed by atoms with Crippen LogP contribution in [-0.2, 0) is 19.1 Å². The lowest BCUT2D eigenvalue weighted by atomic mass is 9.85. The first-order valence-corrected chi connectivity index (χ1v) is 7.64. The van der Waals surface area contributed by atoms with Crippen LogP contribution in [0.5, 0.6) is 0 Å². The summed E-state index contributed by atoms with van der Waals surface area (Å²) in [6.45, 7) is 5.24. The van der Waals surface area contributed by atoms with E-state index in [4.69, 9.17) is 9.47 Å². The summed E-state index contributed by atoms with van der Waals surface area (Å²) in [5.74, 6) is -2.12. The minimum Gasteiger partial charge on any atom is -0.422 e. The maximum atomic E-state index is 12.3. The Morgan fingerprint density at radius 1 is 1.00 bits per heavy atom. The van der Waals surface area contributed by atoms with Crippen LogP contribution in [0, 0.1) is 5.41 Å². The molecule has 1 aliphatic rings. The number of hydrogen-bond acceptors (Lipinski definition) is 4. The van der Waals surface area contributed by atoms with E-state index in [1.807, 2.05) is 56.3 Å². The van der Waals surface area contributed by atoms with Gasteiger partial charge in [0.1, 0.15) is 0 Å². The molecule has 0 saturated carbocycles. The molecular formula is C18H22O4. The molecule has 1 saturated heterocycles. The highest BCUT2D eigenvalue weighted by Gasteiger charge is 2.54. The molecular weight excluding hydrogens is 280 g/mol. The van der Waals surface area contributed by atoms with E-state index in [2.05, 4.69) is 0 Å². The fourth-order valence-corrected chi connectivity index (χ4v) is 2.37. The van der Waals surface area contributed by atoms with Gasteiger partial charge in [-0.25, -0.2) is 0 Å². The first-order valence-electron chi connectivity index (χ1n) is 7.64. The second-order valence-electron chi connectivity index (χ2n) is 5.75. The Balaban J connectivity index is 2.12. The number of carbonyl (C=O) groups excluding carboxylic acids is 2. The molecule has 0 bridgehead atoms. The summed E-state index contributed by atoms with van der Waals surface area (Å²) in [7, 11) is 0. The van der Waals surface area contributed by atoms with Crippen molar-refractivity contribution < 1.29 is 19.1 Å². The molecule has 0 unspecified atom stereocenters. The second kappa shape index (κ2) is 6.34. The quantitative estimate of drug-likeness (QED) is 0.614. The zero-order chi connectivity index (χ0) is 16.2. The predicted molar refractivity (Wildman–Crippen MR) is 83.7 cm³/mol. The van der Waals surface area contributed by atoms with E-state index >= 15 is 0 Å². The molecule has 2 rings (SSSR count). The van der Waals surface area contributed by atoms with E-state index in [9.17, 15) is 9.59 Å². The highest BCUT2D eigenvalue weighted by Crippen LogP contribution is 2.38. The summed E-state index contributed by atoms with van der Waals surface area (Å²) in [6.07, 6.45) is 4.85. The first kappa shape index (κ1) is 16.3. The van der Waals surface area contributed by atoms with Gasteiger partial charge in [-0.3, -0.25) is 9.59 Å². The molecule has 22 heavy (non-hydrogen) atoms. The molecule has 118 valence electrons. The molecule has 0 radical (unpaired) electrons. The fraction of sp³-hybridized carbons (Fsp3) is 0.444. The summed E-state index contributed by atoms with van der Waals surface area (Å²) < 4.78 is 10.9. The average molecular weight is 302 g/mol. The van der Waals surface area contributed by atoms with Crippen LogP contribution < -0.4 is 0 Å². The van der Waals surface area contributed by atoms with E-state index in [1.54, 1.807) is 6.92 Å². The SMILES string of the molecule is CCC1(CC)OC(=O)C(C)(CC=Cc2ccccc2)C(=O)O1. The Morgan fingerprint density at radius 2 is 1.55 bits per heavy atom. The van der Waals surface area contributed by atoms with Crippen molar-refractivity contribution in [2.45, 2.75) is 45.8 Å². The van der Waals surface area contributed by atoms with Crippen LogP contribution in [0.2, 0.25) is 0 Å². The summed E-state index contributed by atoms with van der Waals surface area (Å²) in [5.41, 5.74) is -0.265. The molecule has 1 fully saturated rings. The number of allylic oxidation sites excluding steroid dienone is 1. The second-order valence-corrected chi connectivity index (χ2v) is 5.75. The van der Waals surface area contributed by atoms with Crippen molar-refractivity contribution in [3.05, 3.63) is 42.0 Å². The predicted octanol–water partition coefficient (Wildman–Crippen LogP) is 3.71. The van der Waals surface area contributed by atoms with E-state index < -0.39 is 23.1 Å². The number of benzene rings is 1. The standard InChI is InChI=1S/C18H22O4/c1-4-18(5-2)21-15(19)17(3,16(20)22-18)13-9-12-14-10-7-6-8-11-14/h6-12H,4-5,13H2,1-3H3. The Bertz CT molecular complexity index is 550. The van der Waals surface area contributed by atoms with Gasteiger partial charge in [-0.05, 0) is 18.9 Å². The number of hydrogen-bond donors (Lipinski definition) is 0. The molecule has 0 aliphatic carbocycles. The number of esters is 2. The summed E-state index contributed by atoms with van der Waals surface area (Å²) in [5, 5.41) is 0. The molecule has 0 atom stereocenters. The molecule has 0 amide bonds. The Labute approximate surface area is 131 Å². The summed E-state index contributed by atoms with van der Waals surface area (Å²) in [4.78, 5) is 24.7. The number of cyclic esters (lactones) is 2. The van der Waals surface area contributed by atoms with Crippen molar-refractivity contribution in [3.63, 3.8) is 0 Å². The summed E-state index contributed by atoms with van der Waals surface area (Å²) >= 11 is 0.